The van der Waals surface area contributed by atoms with Gasteiger partial charge in [0.2, 0.25) is 0 Å². The molecule has 3 aliphatic rings. The molecule has 0 aromatic rings. The molecule has 1 saturated carbocycles. The molecule has 0 aromatic heterocycles. The van der Waals surface area contributed by atoms with E-state index < -0.39 is 0 Å². The van der Waals surface area contributed by atoms with Gasteiger partial charge in [-0.05, 0) is 50.6 Å². The van der Waals surface area contributed by atoms with Crippen molar-refractivity contribution < 1.29 is 4.74 Å². The fourth-order valence-corrected chi connectivity index (χ4v) is 3.60. The Bertz CT molecular complexity index is 250. The molecular formula is C13H24N2O. The fraction of sp³-hybridized carbons (Fsp3) is 1.00. The van der Waals surface area contributed by atoms with Crippen LogP contribution in [0.3, 0.4) is 0 Å². The minimum absolute atomic E-state index is 0.441. The molecule has 2 atom stereocenters. The molecule has 2 unspecified atom stereocenters. The molecule has 1 N–H and O–H groups in total. The maximum Gasteiger partial charge on any atom is 0.0674 e. The standard InChI is InChI=1S/C13H24N2O/c1-11-9-15(6-7-16-11)10-12-8-13(12)2-4-14-5-3-13/h11-12,14H,2-10H2,1H3. The van der Waals surface area contributed by atoms with Crippen molar-refractivity contribution in [3.05, 3.63) is 0 Å². The first kappa shape index (κ1) is 11.0. The third kappa shape index (κ3) is 2.13. The van der Waals surface area contributed by atoms with Crippen molar-refractivity contribution in [3.8, 4) is 0 Å². The average Bonchev–Trinajstić information content (AvgIpc) is 2.91. The van der Waals surface area contributed by atoms with Crippen molar-refractivity contribution in [1.82, 2.24) is 10.2 Å². The van der Waals surface area contributed by atoms with Crippen LogP contribution in [0.5, 0.6) is 0 Å². The van der Waals surface area contributed by atoms with Gasteiger partial charge < -0.3 is 10.1 Å². The zero-order valence-corrected chi connectivity index (χ0v) is 10.4. The van der Waals surface area contributed by atoms with Crippen LogP contribution < -0.4 is 5.32 Å². The maximum atomic E-state index is 5.60. The van der Waals surface area contributed by atoms with Crippen molar-refractivity contribution in [2.45, 2.75) is 32.3 Å². The van der Waals surface area contributed by atoms with E-state index in [1.807, 2.05) is 0 Å². The fourth-order valence-electron chi connectivity index (χ4n) is 3.60. The van der Waals surface area contributed by atoms with E-state index in [0.29, 0.717) is 6.10 Å². The Morgan fingerprint density at radius 2 is 2.19 bits per heavy atom. The van der Waals surface area contributed by atoms with Gasteiger partial charge in [0.05, 0.1) is 12.7 Å². The summed E-state index contributed by atoms with van der Waals surface area (Å²) in [7, 11) is 0. The van der Waals surface area contributed by atoms with Crippen LogP contribution in [0.4, 0.5) is 0 Å². The lowest BCUT2D eigenvalue weighted by atomic mass is 9.92. The summed E-state index contributed by atoms with van der Waals surface area (Å²) in [5.41, 5.74) is 0.743. The van der Waals surface area contributed by atoms with Crippen LogP contribution in [0.1, 0.15) is 26.2 Å². The van der Waals surface area contributed by atoms with Crippen LogP contribution in [0.2, 0.25) is 0 Å². The Labute approximate surface area is 98.5 Å². The second-order valence-corrected chi connectivity index (χ2v) is 5.95. The molecule has 2 saturated heterocycles. The van der Waals surface area contributed by atoms with Crippen LogP contribution >= 0.6 is 0 Å². The van der Waals surface area contributed by atoms with Gasteiger partial charge in [-0.3, -0.25) is 4.90 Å². The molecule has 0 bridgehead atoms. The molecule has 3 nitrogen and oxygen atoms in total. The number of nitrogens with one attached hydrogen (secondary N) is 1. The Balaban J connectivity index is 1.49. The Morgan fingerprint density at radius 3 is 2.94 bits per heavy atom. The Kier molecular flexibility index (Phi) is 2.94. The molecule has 3 rings (SSSR count). The number of rotatable bonds is 2. The van der Waals surface area contributed by atoms with Gasteiger partial charge in [0, 0.05) is 19.6 Å². The van der Waals surface area contributed by atoms with Crippen molar-refractivity contribution in [2.24, 2.45) is 11.3 Å². The largest absolute Gasteiger partial charge is 0.376 e. The highest BCUT2D eigenvalue weighted by Crippen LogP contribution is 2.58. The van der Waals surface area contributed by atoms with Gasteiger partial charge >= 0.3 is 0 Å². The monoisotopic (exact) mass is 224 g/mol. The first-order chi connectivity index (χ1) is 7.78. The quantitative estimate of drug-likeness (QED) is 0.760. The lowest BCUT2D eigenvalue weighted by Gasteiger charge is -2.32. The zero-order valence-electron chi connectivity index (χ0n) is 10.4. The van der Waals surface area contributed by atoms with Crippen LogP contribution in [0.15, 0.2) is 0 Å². The first-order valence-corrected chi connectivity index (χ1v) is 6.83. The topological polar surface area (TPSA) is 24.5 Å². The van der Waals surface area contributed by atoms with Crippen LogP contribution in [0, 0.1) is 11.3 Å². The van der Waals surface area contributed by atoms with E-state index in [1.54, 1.807) is 0 Å². The van der Waals surface area contributed by atoms with Crippen LogP contribution in [-0.4, -0.2) is 50.3 Å². The minimum atomic E-state index is 0.441. The van der Waals surface area contributed by atoms with E-state index in [1.165, 1.54) is 38.9 Å². The van der Waals surface area contributed by atoms with Gasteiger partial charge in [-0.1, -0.05) is 0 Å². The molecule has 1 aliphatic carbocycles. The molecule has 92 valence electrons. The summed E-state index contributed by atoms with van der Waals surface area (Å²) in [5, 5.41) is 3.48. The summed E-state index contributed by atoms with van der Waals surface area (Å²) >= 11 is 0. The van der Waals surface area contributed by atoms with Gasteiger partial charge in [-0.2, -0.15) is 0 Å². The molecule has 3 fully saturated rings. The third-order valence-corrected chi connectivity index (χ3v) is 4.76. The molecule has 1 spiro atoms. The molecular weight excluding hydrogens is 200 g/mol. The number of piperidine rings is 1. The smallest absolute Gasteiger partial charge is 0.0674 e. The lowest BCUT2D eigenvalue weighted by molar-refractivity contribution is -0.0211. The summed E-state index contributed by atoms with van der Waals surface area (Å²) in [6.07, 6.45) is 4.76. The van der Waals surface area contributed by atoms with E-state index >= 15 is 0 Å². The van der Waals surface area contributed by atoms with Crippen molar-refractivity contribution in [1.29, 1.82) is 0 Å². The first-order valence-electron chi connectivity index (χ1n) is 6.83. The number of ether oxygens (including phenoxy) is 1. The molecule has 2 heterocycles. The highest BCUT2D eigenvalue weighted by molar-refractivity contribution is 5.05. The second kappa shape index (κ2) is 4.28. The van der Waals surface area contributed by atoms with Gasteiger partial charge in [-0.25, -0.2) is 0 Å². The number of nitrogens with zero attached hydrogens (tertiary/aromatic N) is 1. The number of hydrogen-bond donors (Lipinski definition) is 1. The lowest BCUT2D eigenvalue weighted by Crippen LogP contribution is -2.42. The number of morpholine rings is 1. The minimum Gasteiger partial charge on any atom is -0.376 e. The normalized spacial score (nSPS) is 38.8. The predicted octanol–water partition coefficient (Wildman–Crippen LogP) is 1.10. The Morgan fingerprint density at radius 1 is 1.38 bits per heavy atom. The maximum absolute atomic E-state index is 5.60. The predicted molar refractivity (Wildman–Crippen MR) is 64.5 cm³/mol. The van der Waals surface area contributed by atoms with E-state index in [0.717, 1.165) is 31.0 Å². The van der Waals surface area contributed by atoms with Gasteiger partial charge in [0.25, 0.3) is 0 Å². The molecule has 0 radical (unpaired) electrons. The van der Waals surface area contributed by atoms with E-state index in [2.05, 4.69) is 17.1 Å². The number of hydrogen-bond acceptors (Lipinski definition) is 3. The van der Waals surface area contributed by atoms with Gasteiger partial charge in [-0.15, -0.1) is 0 Å². The highest BCUT2D eigenvalue weighted by Gasteiger charge is 2.53. The molecule has 2 aliphatic heterocycles. The molecule has 0 amide bonds. The molecule has 16 heavy (non-hydrogen) atoms. The summed E-state index contributed by atoms with van der Waals surface area (Å²) in [6, 6.07) is 0. The summed E-state index contributed by atoms with van der Waals surface area (Å²) < 4.78 is 5.60. The molecule has 0 aromatic carbocycles. The van der Waals surface area contributed by atoms with Gasteiger partial charge in [0.1, 0.15) is 0 Å². The second-order valence-electron chi connectivity index (χ2n) is 5.95. The molecule has 3 heteroatoms. The van der Waals surface area contributed by atoms with Crippen LogP contribution in [0.25, 0.3) is 0 Å². The van der Waals surface area contributed by atoms with E-state index in [-0.39, 0.29) is 0 Å². The van der Waals surface area contributed by atoms with Crippen molar-refractivity contribution in [2.75, 3.05) is 39.3 Å². The average molecular weight is 224 g/mol. The third-order valence-electron chi connectivity index (χ3n) is 4.76. The Hall–Kier alpha value is -0.120. The van der Waals surface area contributed by atoms with Crippen molar-refractivity contribution >= 4 is 0 Å². The SMILES string of the molecule is CC1CN(CC2CC23CCNCC3)CCO1. The van der Waals surface area contributed by atoms with E-state index in [4.69, 9.17) is 4.74 Å². The van der Waals surface area contributed by atoms with E-state index in [9.17, 15) is 0 Å². The zero-order chi connectivity index (χ0) is 11.0. The van der Waals surface area contributed by atoms with Gasteiger partial charge in [0.15, 0.2) is 0 Å². The summed E-state index contributed by atoms with van der Waals surface area (Å²) in [6.45, 7) is 9.24. The summed E-state index contributed by atoms with van der Waals surface area (Å²) in [4.78, 5) is 2.62. The van der Waals surface area contributed by atoms with Crippen molar-refractivity contribution in [3.63, 3.8) is 0 Å². The highest BCUT2D eigenvalue weighted by atomic mass is 16.5. The summed E-state index contributed by atoms with van der Waals surface area (Å²) in [5.74, 6) is 0.986. The van der Waals surface area contributed by atoms with Crippen LogP contribution in [-0.2, 0) is 4.74 Å².